The Bertz CT molecular complexity index is 1120. The number of nitrogens with one attached hydrogen (secondary N) is 1. The largest absolute Gasteiger partial charge is 0.322 e. The molecule has 1 amide bonds. The summed E-state index contributed by atoms with van der Waals surface area (Å²) in [4.78, 5) is 12.7. The van der Waals surface area contributed by atoms with E-state index >= 15 is 0 Å². The molecule has 1 heterocycles. The Hall–Kier alpha value is -2.64. The molecule has 0 spiro atoms. The molecule has 0 aliphatic carbocycles. The number of hydrogen-bond donors (Lipinski definition) is 1. The molecule has 5 nitrogen and oxygen atoms in total. The second-order valence-electron chi connectivity index (χ2n) is 6.03. The standard InChI is InChI=1S/C19H16ClFN2O3S/c1-12-16(9-10-23(12)18-8-3-13(21)11-17(18)20)19(24)22-14-4-6-15(7-5-14)27(2,25)26/h3-11H,1-2H3,(H,22,24). The van der Waals surface area contributed by atoms with Crippen molar-refractivity contribution in [2.75, 3.05) is 11.6 Å². The number of carbonyl (C=O) groups excluding carboxylic acids is 1. The fourth-order valence-electron chi connectivity index (χ4n) is 2.67. The van der Waals surface area contributed by atoms with Gasteiger partial charge >= 0.3 is 0 Å². The number of amides is 1. The number of aromatic nitrogens is 1. The maximum Gasteiger partial charge on any atom is 0.257 e. The van der Waals surface area contributed by atoms with Crippen LogP contribution >= 0.6 is 11.6 Å². The van der Waals surface area contributed by atoms with E-state index < -0.39 is 15.7 Å². The van der Waals surface area contributed by atoms with Crippen LogP contribution in [0.3, 0.4) is 0 Å². The summed E-state index contributed by atoms with van der Waals surface area (Å²) in [6, 6.07) is 11.6. The van der Waals surface area contributed by atoms with Gasteiger partial charge in [0.1, 0.15) is 5.82 Å². The van der Waals surface area contributed by atoms with Gasteiger partial charge in [0.05, 0.1) is 21.2 Å². The van der Waals surface area contributed by atoms with Gasteiger partial charge in [-0.15, -0.1) is 0 Å². The van der Waals surface area contributed by atoms with E-state index in [-0.39, 0.29) is 15.8 Å². The Balaban J connectivity index is 1.85. The third-order valence-corrected chi connectivity index (χ3v) is 5.53. The highest BCUT2D eigenvalue weighted by Crippen LogP contribution is 2.25. The minimum Gasteiger partial charge on any atom is -0.322 e. The van der Waals surface area contributed by atoms with Crippen LogP contribution in [0.4, 0.5) is 10.1 Å². The molecule has 0 radical (unpaired) electrons. The van der Waals surface area contributed by atoms with E-state index in [1.54, 1.807) is 23.8 Å². The number of halogens is 2. The number of anilines is 1. The van der Waals surface area contributed by atoms with Crippen molar-refractivity contribution in [1.29, 1.82) is 0 Å². The molecule has 3 rings (SSSR count). The van der Waals surface area contributed by atoms with Gasteiger partial charge in [0.15, 0.2) is 9.84 Å². The molecule has 0 saturated carbocycles. The summed E-state index contributed by atoms with van der Waals surface area (Å²) >= 11 is 6.10. The van der Waals surface area contributed by atoms with Crippen molar-refractivity contribution in [2.24, 2.45) is 0 Å². The van der Waals surface area contributed by atoms with Crippen LogP contribution in [0, 0.1) is 12.7 Å². The van der Waals surface area contributed by atoms with Crippen molar-refractivity contribution in [3.05, 3.63) is 76.8 Å². The third kappa shape index (κ3) is 4.04. The first-order valence-electron chi connectivity index (χ1n) is 7.91. The van der Waals surface area contributed by atoms with Crippen molar-refractivity contribution in [3.63, 3.8) is 0 Å². The van der Waals surface area contributed by atoms with Gasteiger partial charge in [-0.2, -0.15) is 0 Å². The number of benzene rings is 2. The van der Waals surface area contributed by atoms with Crippen LogP contribution < -0.4 is 5.32 Å². The summed E-state index contributed by atoms with van der Waals surface area (Å²) in [6.45, 7) is 1.75. The zero-order valence-corrected chi connectivity index (χ0v) is 16.1. The maximum atomic E-state index is 13.2. The van der Waals surface area contributed by atoms with Crippen LogP contribution in [-0.2, 0) is 9.84 Å². The average Bonchev–Trinajstić information content (AvgIpc) is 2.96. The normalized spacial score (nSPS) is 11.4. The lowest BCUT2D eigenvalue weighted by Crippen LogP contribution is -2.13. The molecule has 0 atom stereocenters. The van der Waals surface area contributed by atoms with Gasteiger partial charge in [-0.1, -0.05) is 11.6 Å². The summed E-state index contributed by atoms with van der Waals surface area (Å²) < 4.78 is 37.9. The zero-order valence-electron chi connectivity index (χ0n) is 14.5. The van der Waals surface area contributed by atoms with Crippen LogP contribution in [0.1, 0.15) is 16.1 Å². The minimum atomic E-state index is -3.30. The molecular formula is C19H16ClFN2O3S. The Morgan fingerprint density at radius 1 is 1.11 bits per heavy atom. The highest BCUT2D eigenvalue weighted by atomic mass is 35.5. The molecule has 0 aliphatic heterocycles. The molecule has 27 heavy (non-hydrogen) atoms. The van der Waals surface area contributed by atoms with Crippen LogP contribution in [0.5, 0.6) is 0 Å². The van der Waals surface area contributed by atoms with Crippen molar-refractivity contribution in [2.45, 2.75) is 11.8 Å². The molecule has 0 bridgehead atoms. The molecule has 0 fully saturated rings. The molecule has 1 N–H and O–H groups in total. The molecule has 0 unspecified atom stereocenters. The molecule has 140 valence electrons. The zero-order chi connectivity index (χ0) is 19.8. The molecule has 2 aromatic carbocycles. The predicted octanol–water partition coefficient (Wildman–Crippen LogP) is 4.23. The highest BCUT2D eigenvalue weighted by molar-refractivity contribution is 7.90. The van der Waals surface area contributed by atoms with Gasteiger partial charge in [-0.05, 0) is 55.5 Å². The van der Waals surface area contributed by atoms with E-state index in [1.807, 2.05) is 0 Å². The number of carbonyl (C=O) groups is 1. The van der Waals surface area contributed by atoms with E-state index in [1.165, 1.54) is 42.5 Å². The molecular weight excluding hydrogens is 391 g/mol. The number of hydrogen-bond acceptors (Lipinski definition) is 3. The van der Waals surface area contributed by atoms with Crippen molar-refractivity contribution < 1.29 is 17.6 Å². The molecule has 1 aromatic heterocycles. The Morgan fingerprint density at radius 3 is 2.37 bits per heavy atom. The average molecular weight is 407 g/mol. The van der Waals surface area contributed by atoms with Crippen molar-refractivity contribution in [1.82, 2.24) is 4.57 Å². The summed E-state index contributed by atoms with van der Waals surface area (Å²) in [7, 11) is -3.30. The number of sulfone groups is 1. The highest BCUT2D eigenvalue weighted by Gasteiger charge is 2.16. The van der Waals surface area contributed by atoms with Gasteiger partial charge in [-0.25, -0.2) is 12.8 Å². The second kappa shape index (κ2) is 7.17. The lowest BCUT2D eigenvalue weighted by atomic mass is 10.2. The maximum absolute atomic E-state index is 13.2. The fourth-order valence-corrected chi connectivity index (χ4v) is 3.56. The fraction of sp³-hybridized carbons (Fsp3) is 0.105. The lowest BCUT2D eigenvalue weighted by molar-refractivity contribution is 0.102. The topological polar surface area (TPSA) is 68.2 Å². The lowest BCUT2D eigenvalue weighted by Gasteiger charge is -2.10. The second-order valence-corrected chi connectivity index (χ2v) is 8.45. The van der Waals surface area contributed by atoms with E-state index in [2.05, 4.69) is 5.32 Å². The van der Waals surface area contributed by atoms with E-state index in [9.17, 15) is 17.6 Å². The number of rotatable bonds is 4. The van der Waals surface area contributed by atoms with Gasteiger partial charge in [0.2, 0.25) is 0 Å². The minimum absolute atomic E-state index is 0.175. The smallest absolute Gasteiger partial charge is 0.257 e. The van der Waals surface area contributed by atoms with Gasteiger partial charge in [0.25, 0.3) is 5.91 Å². The van der Waals surface area contributed by atoms with Crippen LogP contribution in [0.25, 0.3) is 5.69 Å². The Kier molecular flexibility index (Phi) is 5.08. The van der Waals surface area contributed by atoms with E-state index in [0.29, 0.717) is 22.6 Å². The van der Waals surface area contributed by atoms with Crippen LogP contribution in [-0.4, -0.2) is 25.1 Å². The van der Waals surface area contributed by atoms with Gasteiger partial charge in [0, 0.05) is 23.8 Å². The Labute approximate surface area is 161 Å². The van der Waals surface area contributed by atoms with Gasteiger partial charge in [-0.3, -0.25) is 4.79 Å². The van der Waals surface area contributed by atoms with Crippen molar-refractivity contribution >= 4 is 33.0 Å². The molecule has 0 saturated heterocycles. The first-order chi connectivity index (χ1) is 12.7. The SMILES string of the molecule is Cc1c(C(=O)Nc2ccc(S(C)(=O)=O)cc2)ccn1-c1ccc(F)cc1Cl. The monoisotopic (exact) mass is 406 g/mol. The predicted molar refractivity (Wildman–Crippen MR) is 103 cm³/mol. The first kappa shape index (κ1) is 19.1. The van der Waals surface area contributed by atoms with Crippen LogP contribution in [0.2, 0.25) is 5.02 Å². The number of nitrogens with zero attached hydrogens (tertiary/aromatic N) is 1. The Morgan fingerprint density at radius 2 is 1.78 bits per heavy atom. The molecule has 0 aliphatic rings. The summed E-state index contributed by atoms with van der Waals surface area (Å²) in [5.74, 6) is -0.791. The summed E-state index contributed by atoms with van der Waals surface area (Å²) in [6.07, 6.45) is 2.80. The quantitative estimate of drug-likeness (QED) is 0.704. The van der Waals surface area contributed by atoms with Crippen LogP contribution in [0.15, 0.2) is 59.6 Å². The summed E-state index contributed by atoms with van der Waals surface area (Å²) in [5.41, 5.74) is 2.09. The van der Waals surface area contributed by atoms with E-state index in [0.717, 1.165) is 6.26 Å². The first-order valence-corrected chi connectivity index (χ1v) is 10.2. The third-order valence-electron chi connectivity index (χ3n) is 4.10. The van der Waals surface area contributed by atoms with E-state index in [4.69, 9.17) is 11.6 Å². The molecule has 8 heteroatoms. The van der Waals surface area contributed by atoms with Gasteiger partial charge < -0.3 is 9.88 Å². The van der Waals surface area contributed by atoms with Crippen molar-refractivity contribution in [3.8, 4) is 5.69 Å². The molecule has 3 aromatic rings. The summed E-state index contributed by atoms with van der Waals surface area (Å²) in [5, 5.41) is 2.96.